The Morgan fingerprint density at radius 2 is 2.00 bits per heavy atom. The molecule has 8 heteroatoms. The first kappa shape index (κ1) is 14.5. The molecule has 2 rings (SSSR count). The van der Waals surface area contributed by atoms with Crippen LogP contribution in [0.5, 0.6) is 0 Å². The van der Waals surface area contributed by atoms with Crippen molar-refractivity contribution < 1.29 is 19.5 Å². The van der Waals surface area contributed by atoms with Gasteiger partial charge in [-0.15, -0.1) is 0 Å². The molecule has 0 aliphatic rings. The van der Waals surface area contributed by atoms with Crippen molar-refractivity contribution in [3.8, 4) is 0 Å². The van der Waals surface area contributed by atoms with E-state index in [0.29, 0.717) is 5.52 Å². The highest BCUT2D eigenvalue weighted by atomic mass is 16.4. The van der Waals surface area contributed by atoms with Gasteiger partial charge in [-0.25, -0.2) is 4.79 Å². The zero-order valence-electron chi connectivity index (χ0n) is 11.4. The molecule has 2 amide bonds. The van der Waals surface area contributed by atoms with Gasteiger partial charge in [0.25, 0.3) is 5.91 Å². The van der Waals surface area contributed by atoms with Crippen LogP contribution in [-0.2, 0) is 9.59 Å². The Balaban J connectivity index is 2.25. The summed E-state index contributed by atoms with van der Waals surface area (Å²) < 4.78 is 0. The smallest absolute Gasteiger partial charge is 0.350 e. The average Bonchev–Trinajstić information content (AvgIpc) is 2.84. The molecule has 1 aromatic heterocycles. The van der Waals surface area contributed by atoms with Gasteiger partial charge in [0.15, 0.2) is 0 Å². The van der Waals surface area contributed by atoms with Crippen molar-refractivity contribution in [2.24, 2.45) is 0 Å². The summed E-state index contributed by atoms with van der Waals surface area (Å²) in [5, 5.41) is 21.0. The first-order valence-electron chi connectivity index (χ1n) is 6.09. The van der Waals surface area contributed by atoms with Crippen molar-refractivity contribution in [2.45, 2.75) is 19.5 Å². The number of carboxylic acid groups (broad SMARTS) is 1. The second-order valence-corrected chi connectivity index (χ2v) is 4.74. The molecule has 110 valence electrons. The molecule has 21 heavy (non-hydrogen) atoms. The highest BCUT2D eigenvalue weighted by Gasteiger charge is 2.36. The van der Waals surface area contributed by atoms with Crippen molar-refractivity contribution in [2.75, 3.05) is 0 Å². The van der Waals surface area contributed by atoms with E-state index in [1.54, 1.807) is 24.4 Å². The summed E-state index contributed by atoms with van der Waals surface area (Å²) in [7, 11) is 0. The normalized spacial score (nSPS) is 13.4. The zero-order valence-corrected chi connectivity index (χ0v) is 11.4. The van der Waals surface area contributed by atoms with Crippen LogP contribution in [0.25, 0.3) is 10.9 Å². The van der Waals surface area contributed by atoms with E-state index < -0.39 is 23.4 Å². The molecule has 4 N–H and O–H groups in total. The van der Waals surface area contributed by atoms with E-state index in [-0.39, 0.29) is 5.56 Å². The maximum absolute atomic E-state index is 12.2. The lowest BCUT2D eigenvalue weighted by molar-refractivity contribution is -0.147. The van der Waals surface area contributed by atoms with Crippen molar-refractivity contribution in [3.05, 3.63) is 30.0 Å². The molecule has 1 unspecified atom stereocenters. The van der Waals surface area contributed by atoms with Crippen LogP contribution < -0.4 is 10.6 Å². The Hall–Kier alpha value is -2.90. The van der Waals surface area contributed by atoms with Crippen LogP contribution >= 0.6 is 0 Å². The Kier molecular flexibility index (Phi) is 3.62. The predicted octanol–water partition coefficient (Wildman–Crippen LogP) is 0.230. The number of nitrogens with one attached hydrogen (secondary N) is 3. The van der Waals surface area contributed by atoms with Gasteiger partial charge >= 0.3 is 5.97 Å². The summed E-state index contributed by atoms with van der Waals surface area (Å²) in [4.78, 5) is 34.5. The summed E-state index contributed by atoms with van der Waals surface area (Å²) in [6, 6.07) is 4.78. The number of hydrogen-bond acceptors (Lipinski definition) is 4. The summed E-state index contributed by atoms with van der Waals surface area (Å²) in [5.74, 6) is -2.55. The van der Waals surface area contributed by atoms with Gasteiger partial charge in [-0.3, -0.25) is 14.7 Å². The van der Waals surface area contributed by atoms with Crippen LogP contribution in [0.3, 0.4) is 0 Å². The van der Waals surface area contributed by atoms with Gasteiger partial charge in [0.05, 0.1) is 11.7 Å². The third kappa shape index (κ3) is 2.99. The number of aromatic amines is 1. The highest BCUT2D eigenvalue weighted by molar-refractivity contribution is 6.00. The van der Waals surface area contributed by atoms with E-state index in [1.165, 1.54) is 13.8 Å². The van der Waals surface area contributed by atoms with Crippen molar-refractivity contribution in [1.29, 1.82) is 0 Å². The average molecular weight is 290 g/mol. The van der Waals surface area contributed by atoms with E-state index >= 15 is 0 Å². The number of nitrogens with zero attached hydrogens (tertiary/aromatic N) is 1. The SMILES string of the molecule is CC(=O)NC(C)(NC(=O)c1ccc2cn[nH]c2c1)C(=O)O. The summed E-state index contributed by atoms with van der Waals surface area (Å²) in [6.07, 6.45) is 1.61. The minimum Gasteiger partial charge on any atom is -0.478 e. The Labute approximate surface area is 119 Å². The van der Waals surface area contributed by atoms with Gasteiger partial charge in [0, 0.05) is 17.9 Å². The molecular weight excluding hydrogens is 276 g/mol. The molecule has 0 saturated carbocycles. The van der Waals surface area contributed by atoms with Gasteiger partial charge in [0.1, 0.15) is 0 Å². The van der Waals surface area contributed by atoms with Crippen LogP contribution in [0.2, 0.25) is 0 Å². The van der Waals surface area contributed by atoms with Crippen LogP contribution in [0.4, 0.5) is 0 Å². The second kappa shape index (κ2) is 5.23. The van der Waals surface area contributed by atoms with Gasteiger partial charge in [-0.1, -0.05) is 6.07 Å². The fourth-order valence-corrected chi connectivity index (χ4v) is 1.87. The van der Waals surface area contributed by atoms with Crippen LogP contribution in [0, 0.1) is 0 Å². The van der Waals surface area contributed by atoms with E-state index in [2.05, 4.69) is 20.8 Å². The summed E-state index contributed by atoms with van der Waals surface area (Å²) in [5.41, 5.74) is -0.977. The molecule has 1 atom stereocenters. The zero-order chi connectivity index (χ0) is 15.6. The first-order valence-corrected chi connectivity index (χ1v) is 6.09. The third-order valence-electron chi connectivity index (χ3n) is 2.92. The number of aromatic nitrogens is 2. The lowest BCUT2D eigenvalue weighted by Crippen LogP contribution is -2.63. The maximum Gasteiger partial charge on any atom is 0.350 e. The first-order chi connectivity index (χ1) is 9.82. The lowest BCUT2D eigenvalue weighted by atomic mass is 10.1. The fraction of sp³-hybridized carbons (Fsp3) is 0.231. The number of hydrogen-bond donors (Lipinski definition) is 4. The largest absolute Gasteiger partial charge is 0.478 e. The number of rotatable bonds is 4. The topological polar surface area (TPSA) is 124 Å². The molecule has 0 bridgehead atoms. The quantitative estimate of drug-likeness (QED) is 0.600. The number of H-pyrrole nitrogens is 1. The van der Waals surface area contributed by atoms with Gasteiger partial charge in [-0.2, -0.15) is 5.10 Å². The molecule has 0 aliphatic carbocycles. The number of carboxylic acids is 1. The molecule has 0 aliphatic heterocycles. The molecule has 0 radical (unpaired) electrons. The minimum absolute atomic E-state index is 0.254. The maximum atomic E-state index is 12.2. The minimum atomic E-state index is -1.88. The second-order valence-electron chi connectivity index (χ2n) is 4.74. The number of aliphatic carboxylic acids is 1. The standard InChI is InChI=1S/C13H14N4O4/c1-7(18)15-13(2,12(20)21)16-11(19)8-3-4-9-6-14-17-10(9)5-8/h3-6H,1-2H3,(H,14,17)(H,15,18)(H,16,19)(H,20,21). The lowest BCUT2D eigenvalue weighted by Gasteiger charge is -2.26. The summed E-state index contributed by atoms with van der Waals surface area (Å²) >= 11 is 0. The third-order valence-corrected chi connectivity index (χ3v) is 2.92. The molecule has 1 heterocycles. The molecule has 0 spiro atoms. The number of amides is 2. The highest BCUT2D eigenvalue weighted by Crippen LogP contribution is 2.13. The van der Waals surface area contributed by atoms with E-state index in [9.17, 15) is 19.5 Å². The molecule has 0 fully saturated rings. The predicted molar refractivity (Wildman–Crippen MR) is 73.4 cm³/mol. The van der Waals surface area contributed by atoms with Crippen molar-refractivity contribution in [3.63, 3.8) is 0 Å². The van der Waals surface area contributed by atoms with Gasteiger partial charge < -0.3 is 15.7 Å². The van der Waals surface area contributed by atoms with E-state index in [0.717, 1.165) is 5.39 Å². The molecule has 0 saturated heterocycles. The van der Waals surface area contributed by atoms with Crippen molar-refractivity contribution in [1.82, 2.24) is 20.8 Å². The van der Waals surface area contributed by atoms with Crippen LogP contribution in [-0.4, -0.2) is 38.8 Å². The van der Waals surface area contributed by atoms with E-state index in [1.807, 2.05) is 0 Å². The number of benzene rings is 1. The monoisotopic (exact) mass is 290 g/mol. The molecule has 1 aromatic carbocycles. The fourth-order valence-electron chi connectivity index (χ4n) is 1.87. The Morgan fingerprint density at radius 3 is 2.62 bits per heavy atom. The van der Waals surface area contributed by atoms with Gasteiger partial charge in [-0.05, 0) is 19.1 Å². The number of carbonyl (C=O) groups is 3. The Bertz CT molecular complexity index is 724. The van der Waals surface area contributed by atoms with Crippen LogP contribution in [0.1, 0.15) is 24.2 Å². The van der Waals surface area contributed by atoms with E-state index in [4.69, 9.17) is 0 Å². The Morgan fingerprint density at radius 1 is 1.29 bits per heavy atom. The van der Waals surface area contributed by atoms with Crippen molar-refractivity contribution >= 4 is 28.7 Å². The molecular formula is C13H14N4O4. The number of carbonyl (C=O) groups excluding carboxylic acids is 2. The van der Waals surface area contributed by atoms with Gasteiger partial charge in [0.2, 0.25) is 11.6 Å². The number of fused-ring (bicyclic) bond motifs is 1. The molecule has 8 nitrogen and oxygen atoms in total. The van der Waals surface area contributed by atoms with Crippen LogP contribution in [0.15, 0.2) is 24.4 Å². The molecule has 2 aromatic rings. The summed E-state index contributed by atoms with van der Waals surface area (Å²) in [6.45, 7) is 2.37.